The summed E-state index contributed by atoms with van der Waals surface area (Å²) in [4.78, 5) is 26.2. The normalized spacial score (nSPS) is 19.7. The molecule has 0 aliphatic carbocycles. The fourth-order valence-electron chi connectivity index (χ4n) is 4.73. The molecule has 0 bridgehead atoms. The number of nitrogens with zero attached hydrogens (tertiary/aromatic N) is 5. The van der Waals surface area contributed by atoms with Crippen molar-refractivity contribution in [2.24, 2.45) is 0 Å². The van der Waals surface area contributed by atoms with Gasteiger partial charge in [0, 0.05) is 64.6 Å². The van der Waals surface area contributed by atoms with Gasteiger partial charge in [-0.05, 0) is 25.0 Å². The largest absolute Gasteiger partial charge is 0.447 e. The number of aliphatic hydroxyl groups is 1. The Bertz CT molecular complexity index is 972. The first kappa shape index (κ1) is 24.4. The van der Waals surface area contributed by atoms with Gasteiger partial charge in [-0.2, -0.15) is 0 Å². The van der Waals surface area contributed by atoms with Gasteiger partial charge < -0.3 is 19.3 Å². The van der Waals surface area contributed by atoms with E-state index in [0.29, 0.717) is 37.8 Å². The molecule has 2 aliphatic rings. The van der Waals surface area contributed by atoms with Crippen LogP contribution in [-0.2, 0) is 13.0 Å². The molecule has 0 spiro atoms. The van der Waals surface area contributed by atoms with Crippen molar-refractivity contribution < 1.29 is 14.3 Å². The third-order valence-corrected chi connectivity index (χ3v) is 6.86. The standard InChI is InChI=1S/C26H37N5O3/c1-4-21-8-6-7-9-23(21)30-14-16-31(17-15-30)25(32)22-19-34-24(27-22)18-28-10-12-29(13-11-28)20-26(3,33)5-2/h5-9,19,33H,2,4,10-18,20H2,1,3H3. The number of benzene rings is 1. The van der Waals surface area contributed by atoms with Crippen LogP contribution in [0.15, 0.2) is 47.6 Å². The van der Waals surface area contributed by atoms with Gasteiger partial charge >= 0.3 is 0 Å². The zero-order valence-electron chi connectivity index (χ0n) is 20.4. The van der Waals surface area contributed by atoms with Gasteiger partial charge in [-0.15, -0.1) is 6.58 Å². The first-order valence-electron chi connectivity index (χ1n) is 12.3. The van der Waals surface area contributed by atoms with E-state index in [1.54, 1.807) is 13.0 Å². The van der Waals surface area contributed by atoms with Crippen molar-refractivity contribution in [3.8, 4) is 0 Å². The maximum atomic E-state index is 13.0. The Hall–Kier alpha value is -2.68. The number of piperazine rings is 2. The molecule has 0 saturated carbocycles. The van der Waals surface area contributed by atoms with Crippen molar-refractivity contribution in [2.45, 2.75) is 32.4 Å². The number of carbonyl (C=O) groups is 1. The van der Waals surface area contributed by atoms with Crippen LogP contribution in [0.3, 0.4) is 0 Å². The summed E-state index contributed by atoms with van der Waals surface area (Å²) < 4.78 is 5.65. The molecule has 1 atom stereocenters. The number of hydrogen-bond donors (Lipinski definition) is 1. The summed E-state index contributed by atoms with van der Waals surface area (Å²) >= 11 is 0. The van der Waals surface area contributed by atoms with E-state index in [2.05, 4.69) is 57.5 Å². The summed E-state index contributed by atoms with van der Waals surface area (Å²) in [5, 5.41) is 10.2. The van der Waals surface area contributed by atoms with Crippen LogP contribution < -0.4 is 4.90 Å². The predicted octanol–water partition coefficient (Wildman–Crippen LogP) is 2.25. The monoisotopic (exact) mass is 467 g/mol. The number of hydrogen-bond acceptors (Lipinski definition) is 7. The molecule has 4 rings (SSSR count). The summed E-state index contributed by atoms with van der Waals surface area (Å²) in [6, 6.07) is 8.50. The molecule has 3 heterocycles. The number of aromatic nitrogens is 1. The van der Waals surface area contributed by atoms with Crippen LogP contribution in [0.4, 0.5) is 5.69 Å². The predicted molar refractivity (Wildman–Crippen MR) is 133 cm³/mol. The molecular formula is C26H37N5O3. The Morgan fingerprint density at radius 2 is 1.79 bits per heavy atom. The molecule has 1 aromatic heterocycles. The van der Waals surface area contributed by atoms with E-state index in [1.807, 2.05) is 4.90 Å². The first-order valence-corrected chi connectivity index (χ1v) is 12.3. The van der Waals surface area contributed by atoms with E-state index in [9.17, 15) is 9.90 Å². The lowest BCUT2D eigenvalue weighted by atomic mass is 10.1. The minimum atomic E-state index is -0.870. The van der Waals surface area contributed by atoms with Crippen molar-refractivity contribution >= 4 is 11.6 Å². The minimum Gasteiger partial charge on any atom is -0.447 e. The van der Waals surface area contributed by atoms with Gasteiger partial charge in [0.2, 0.25) is 5.89 Å². The lowest BCUT2D eigenvalue weighted by molar-refractivity contribution is 0.0348. The topological polar surface area (TPSA) is 76.3 Å². The lowest BCUT2D eigenvalue weighted by Gasteiger charge is -2.37. The average Bonchev–Trinajstić information content (AvgIpc) is 3.33. The van der Waals surface area contributed by atoms with Crippen molar-refractivity contribution in [1.82, 2.24) is 19.7 Å². The molecule has 34 heavy (non-hydrogen) atoms. The van der Waals surface area contributed by atoms with Crippen molar-refractivity contribution in [3.05, 3.63) is 60.3 Å². The fourth-order valence-corrected chi connectivity index (χ4v) is 4.73. The van der Waals surface area contributed by atoms with Gasteiger partial charge in [0.25, 0.3) is 5.91 Å². The van der Waals surface area contributed by atoms with E-state index < -0.39 is 5.60 Å². The SMILES string of the molecule is C=CC(C)(O)CN1CCN(Cc2nc(C(=O)N3CCN(c4ccccc4CC)CC3)co2)CC1. The lowest BCUT2D eigenvalue weighted by Crippen LogP contribution is -2.50. The zero-order valence-corrected chi connectivity index (χ0v) is 20.4. The third-order valence-electron chi connectivity index (χ3n) is 6.86. The van der Waals surface area contributed by atoms with Crippen LogP contribution >= 0.6 is 0 Å². The highest BCUT2D eigenvalue weighted by Gasteiger charge is 2.27. The number of oxazole rings is 1. The van der Waals surface area contributed by atoms with E-state index in [0.717, 1.165) is 45.7 Å². The van der Waals surface area contributed by atoms with Crippen LogP contribution in [0.25, 0.3) is 0 Å². The second kappa shape index (κ2) is 10.7. The van der Waals surface area contributed by atoms with Crippen molar-refractivity contribution in [2.75, 3.05) is 63.8 Å². The Labute approximate surface area is 202 Å². The molecule has 0 radical (unpaired) electrons. The summed E-state index contributed by atoms with van der Waals surface area (Å²) in [6.07, 6.45) is 4.09. The highest BCUT2D eigenvalue weighted by molar-refractivity contribution is 5.92. The quantitative estimate of drug-likeness (QED) is 0.597. The van der Waals surface area contributed by atoms with Gasteiger partial charge in [0.1, 0.15) is 6.26 Å². The van der Waals surface area contributed by atoms with Crippen LogP contribution in [0, 0.1) is 0 Å². The summed E-state index contributed by atoms with van der Waals surface area (Å²) in [6.45, 7) is 15.3. The number of para-hydroxylation sites is 1. The number of aryl methyl sites for hydroxylation is 1. The van der Waals surface area contributed by atoms with Gasteiger partial charge in [0.15, 0.2) is 5.69 Å². The maximum absolute atomic E-state index is 13.0. The third kappa shape index (κ3) is 5.87. The van der Waals surface area contributed by atoms with E-state index in [4.69, 9.17) is 4.42 Å². The Morgan fingerprint density at radius 3 is 2.47 bits per heavy atom. The molecule has 8 heteroatoms. The van der Waals surface area contributed by atoms with E-state index >= 15 is 0 Å². The van der Waals surface area contributed by atoms with Gasteiger partial charge in [0.05, 0.1) is 12.1 Å². The number of carbonyl (C=O) groups excluding carboxylic acids is 1. The molecule has 1 amide bonds. The van der Waals surface area contributed by atoms with Crippen LogP contribution in [0.2, 0.25) is 0 Å². The summed E-state index contributed by atoms with van der Waals surface area (Å²) in [7, 11) is 0. The van der Waals surface area contributed by atoms with E-state index in [1.165, 1.54) is 17.5 Å². The number of β-amino-alcohol motifs (C(OH)–C–C–N with tert-alkyl or cyclic N) is 1. The molecule has 8 nitrogen and oxygen atoms in total. The van der Waals surface area contributed by atoms with Crippen molar-refractivity contribution in [1.29, 1.82) is 0 Å². The molecule has 2 aromatic rings. The molecule has 2 saturated heterocycles. The molecule has 184 valence electrons. The smallest absolute Gasteiger partial charge is 0.275 e. The van der Waals surface area contributed by atoms with Crippen LogP contribution in [-0.4, -0.2) is 95.2 Å². The second-order valence-electron chi connectivity index (χ2n) is 9.50. The number of anilines is 1. The van der Waals surface area contributed by atoms with Crippen molar-refractivity contribution in [3.63, 3.8) is 0 Å². The molecular weight excluding hydrogens is 430 g/mol. The zero-order chi connectivity index (χ0) is 24.1. The Kier molecular flexibility index (Phi) is 7.70. The fraction of sp³-hybridized carbons (Fsp3) is 0.538. The Morgan fingerprint density at radius 1 is 1.12 bits per heavy atom. The van der Waals surface area contributed by atoms with Gasteiger partial charge in [-0.25, -0.2) is 4.98 Å². The number of amides is 1. The molecule has 1 aromatic carbocycles. The molecule has 2 fully saturated rings. The second-order valence-corrected chi connectivity index (χ2v) is 9.50. The Balaban J connectivity index is 1.26. The summed E-state index contributed by atoms with van der Waals surface area (Å²) in [5.41, 5.74) is 2.13. The molecule has 1 N–H and O–H groups in total. The van der Waals surface area contributed by atoms with Gasteiger partial charge in [-0.1, -0.05) is 31.2 Å². The molecule has 1 unspecified atom stereocenters. The van der Waals surface area contributed by atoms with Crippen LogP contribution in [0.5, 0.6) is 0 Å². The first-order chi connectivity index (χ1) is 16.4. The highest BCUT2D eigenvalue weighted by atomic mass is 16.3. The maximum Gasteiger partial charge on any atom is 0.275 e. The number of rotatable bonds is 8. The summed E-state index contributed by atoms with van der Waals surface area (Å²) in [5.74, 6) is 0.514. The van der Waals surface area contributed by atoms with Crippen LogP contribution in [0.1, 0.15) is 35.8 Å². The average molecular weight is 468 g/mol. The minimum absolute atomic E-state index is 0.0603. The highest BCUT2D eigenvalue weighted by Crippen LogP contribution is 2.23. The molecule has 2 aliphatic heterocycles. The van der Waals surface area contributed by atoms with E-state index in [-0.39, 0.29) is 5.91 Å². The van der Waals surface area contributed by atoms with Gasteiger partial charge in [-0.3, -0.25) is 14.6 Å².